The first-order chi connectivity index (χ1) is 16.0. The number of hydrogen-bond acceptors (Lipinski definition) is 6. The Labute approximate surface area is 196 Å². The summed E-state index contributed by atoms with van der Waals surface area (Å²) in [4.78, 5) is 25.3. The van der Waals surface area contributed by atoms with Crippen LogP contribution in [0.5, 0.6) is 0 Å². The Morgan fingerprint density at radius 3 is 2.47 bits per heavy atom. The lowest BCUT2D eigenvalue weighted by atomic mass is 10.0. The van der Waals surface area contributed by atoms with E-state index in [4.69, 9.17) is 9.15 Å². The highest BCUT2D eigenvalue weighted by molar-refractivity contribution is 7.92. The molecule has 2 aromatic carbocycles. The maximum atomic E-state index is 13.5. The zero-order valence-electron chi connectivity index (χ0n) is 19.2. The van der Waals surface area contributed by atoms with Crippen LogP contribution in [0.25, 0.3) is 22.3 Å². The number of halogens is 1. The Hall–Kier alpha value is -3.24. The van der Waals surface area contributed by atoms with Crippen molar-refractivity contribution >= 4 is 38.4 Å². The number of rotatable bonds is 5. The van der Waals surface area contributed by atoms with Gasteiger partial charge in [0, 0.05) is 36.0 Å². The molecular weight excluding hydrogens is 463 g/mol. The van der Waals surface area contributed by atoms with Gasteiger partial charge >= 0.3 is 0 Å². The van der Waals surface area contributed by atoms with Crippen molar-refractivity contribution in [2.45, 2.75) is 32.5 Å². The number of amides is 1. The first-order valence-corrected chi connectivity index (χ1v) is 12.6. The van der Waals surface area contributed by atoms with Crippen LogP contribution < -0.4 is 9.62 Å². The van der Waals surface area contributed by atoms with Crippen LogP contribution in [0.1, 0.15) is 42.3 Å². The molecule has 0 saturated carbocycles. The molecule has 2 heterocycles. The molecule has 1 amide bonds. The average molecular weight is 489 g/mol. The molecule has 180 valence electrons. The zero-order valence-corrected chi connectivity index (χ0v) is 20.0. The van der Waals surface area contributed by atoms with E-state index in [1.807, 2.05) is 0 Å². The number of carbonyl (C=O) groups excluding carboxylic acids is 2. The largest absolute Gasteiger partial charge is 0.455 e. The minimum atomic E-state index is -3.77. The van der Waals surface area contributed by atoms with Crippen molar-refractivity contribution in [2.75, 3.05) is 24.2 Å². The van der Waals surface area contributed by atoms with Gasteiger partial charge in [0.05, 0.1) is 30.2 Å². The van der Waals surface area contributed by atoms with Crippen LogP contribution in [0, 0.1) is 5.82 Å². The molecule has 1 aromatic heterocycles. The van der Waals surface area contributed by atoms with Crippen LogP contribution in [0.15, 0.2) is 40.8 Å². The third kappa shape index (κ3) is 4.19. The molecule has 0 fully saturated rings. The quantitative estimate of drug-likeness (QED) is 0.586. The SMILES string of the molecule is CCC(=O)C1CN(S(C)(=O)=O)c2cc3oc(-c4ccc(F)cc4)c(C(=O)NC)c3cc2C(C)O1. The van der Waals surface area contributed by atoms with Gasteiger partial charge in [-0.15, -0.1) is 0 Å². The highest BCUT2D eigenvalue weighted by Crippen LogP contribution is 2.42. The molecule has 0 saturated heterocycles. The summed E-state index contributed by atoms with van der Waals surface area (Å²) < 4.78 is 52.0. The van der Waals surface area contributed by atoms with Crippen molar-refractivity contribution in [3.05, 3.63) is 53.3 Å². The van der Waals surface area contributed by atoms with Crippen LogP contribution >= 0.6 is 0 Å². The van der Waals surface area contributed by atoms with Gasteiger partial charge in [-0.25, -0.2) is 12.8 Å². The molecule has 10 heteroatoms. The van der Waals surface area contributed by atoms with Crippen LogP contribution in [0.2, 0.25) is 0 Å². The van der Waals surface area contributed by atoms with Gasteiger partial charge in [0.15, 0.2) is 5.78 Å². The number of Topliss-reactive ketones (excluding diaryl/α,β-unsaturated/α-hetero) is 1. The number of ketones is 1. The van der Waals surface area contributed by atoms with E-state index in [2.05, 4.69) is 5.32 Å². The van der Waals surface area contributed by atoms with Crippen molar-refractivity contribution in [1.82, 2.24) is 5.32 Å². The molecule has 1 aliphatic heterocycles. The summed E-state index contributed by atoms with van der Waals surface area (Å²) in [7, 11) is -2.29. The summed E-state index contributed by atoms with van der Waals surface area (Å²) in [6.45, 7) is 3.26. The zero-order chi connectivity index (χ0) is 24.8. The highest BCUT2D eigenvalue weighted by Gasteiger charge is 2.35. The second-order valence-electron chi connectivity index (χ2n) is 8.18. The molecule has 0 spiro atoms. The predicted molar refractivity (Wildman–Crippen MR) is 126 cm³/mol. The molecule has 8 nitrogen and oxygen atoms in total. The fraction of sp³-hybridized carbons (Fsp3) is 0.333. The number of nitrogens with zero attached hydrogens (tertiary/aromatic N) is 1. The maximum absolute atomic E-state index is 13.5. The van der Waals surface area contributed by atoms with E-state index in [-0.39, 0.29) is 35.7 Å². The number of furan rings is 1. The van der Waals surface area contributed by atoms with Crippen molar-refractivity contribution < 1.29 is 31.6 Å². The Morgan fingerprint density at radius 2 is 1.88 bits per heavy atom. The smallest absolute Gasteiger partial charge is 0.255 e. The molecule has 34 heavy (non-hydrogen) atoms. The number of benzene rings is 2. The van der Waals surface area contributed by atoms with Crippen molar-refractivity contribution in [3.8, 4) is 11.3 Å². The lowest BCUT2D eigenvalue weighted by Crippen LogP contribution is -2.40. The van der Waals surface area contributed by atoms with Crippen LogP contribution in [0.4, 0.5) is 10.1 Å². The number of fused-ring (bicyclic) bond motifs is 2. The average Bonchev–Trinajstić information content (AvgIpc) is 3.10. The van der Waals surface area contributed by atoms with Gasteiger partial charge in [-0.2, -0.15) is 0 Å². The van der Waals surface area contributed by atoms with Gasteiger partial charge in [-0.3, -0.25) is 13.9 Å². The van der Waals surface area contributed by atoms with E-state index < -0.39 is 34.0 Å². The van der Waals surface area contributed by atoms with Crippen molar-refractivity contribution in [1.29, 1.82) is 0 Å². The molecule has 3 aromatic rings. The van der Waals surface area contributed by atoms with E-state index in [1.165, 1.54) is 31.3 Å². The number of carbonyl (C=O) groups is 2. The minimum Gasteiger partial charge on any atom is -0.455 e. The molecule has 1 N–H and O–H groups in total. The first-order valence-electron chi connectivity index (χ1n) is 10.8. The van der Waals surface area contributed by atoms with Crippen LogP contribution in [-0.2, 0) is 19.6 Å². The summed E-state index contributed by atoms with van der Waals surface area (Å²) in [6, 6.07) is 8.73. The summed E-state index contributed by atoms with van der Waals surface area (Å²) in [5.41, 5.74) is 1.82. The van der Waals surface area contributed by atoms with Crippen molar-refractivity contribution in [3.63, 3.8) is 0 Å². The summed E-state index contributed by atoms with van der Waals surface area (Å²) in [6.07, 6.45) is -0.294. The Morgan fingerprint density at radius 1 is 1.21 bits per heavy atom. The van der Waals surface area contributed by atoms with E-state index in [1.54, 1.807) is 26.0 Å². The molecule has 2 atom stereocenters. The minimum absolute atomic E-state index is 0.164. The summed E-state index contributed by atoms with van der Waals surface area (Å²) in [5.74, 6) is -0.826. The third-order valence-electron chi connectivity index (χ3n) is 5.91. The fourth-order valence-corrected chi connectivity index (χ4v) is 5.10. The topological polar surface area (TPSA) is 106 Å². The van der Waals surface area contributed by atoms with Gasteiger partial charge in [-0.05, 0) is 37.3 Å². The second-order valence-corrected chi connectivity index (χ2v) is 10.1. The fourth-order valence-electron chi connectivity index (χ4n) is 4.18. The molecular formula is C24H25FN2O6S. The molecule has 4 rings (SSSR count). The summed E-state index contributed by atoms with van der Waals surface area (Å²) in [5, 5.41) is 3.04. The van der Waals surface area contributed by atoms with E-state index in [9.17, 15) is 22.4 Å². The molecule has 1 aliphatic rings. The number of sulfonamides is 1. The number of nitrogens with one attached hydrogen (secondary N) is 1. The number of hydrogen-bond donors (Lipinski definition) is 1. The lowest BCUT2D eigenvalue weighted by molar-refractivity contribution is -0.132. The Kier molecular flexibility index (Phi) is 6.22. The molecule has 0 radical (unpaired) electrons. The second kappa shape index (κ2) is 8.84. The van der Waals surface area contributed by atoms with Gasteiger partial charge in [0.25, 0.3) is 5.91 Å². The number of ether oxygens (including phenoxy) is 1. The predicted octanol–water partition coefficient (Wildman–Crippen LogP) is 3.80. The van der Waals surface area contributed by atoms with E-state index in [0.717, 1.165) is 10.6 Å². The third-order valence-corrected chi connectivity index (χ3v) is 7.06. The van der Waals surface area contributed by atoms with Gasteiger partial charge in [0.2, 0.25) is 10.0 Å². The Balaban J connectivity index is 1.99. The van der Waals surface area contributed by atoms with E-state index in [0.29, 0.717) is 22.2 Å². The first kappa shape index (κ1) is 23.9. The molecule has 2 unspecified atom stereocenters. The number of anilines is 1. The molecule has 0 aliphatic carbocycles. The highest BCUT2D eigenvalue weighted by atomic mass is 32.2. The standard InChI is InChI=1S/C24H25FN2O6S/c1-5-19(28)21-12-27(34(4,30)31)18-11-20-17(10-16(18)13(2)32-21)22(24(29)26-3)23(33-20)14-6-8-15(25)9-7-14/h6-11,13,21H,5,12H2,1-4H3,(H,26,29). The van der Waals surface area contributed by atoms with Gasteiger partial charge in [-0.1, -0.05) is 6.92 Å². The summed E-state index contributed by atoms with van der Waals surface area (Å²) >= 11 is 0. The molecule has 0 bridgehead atoms. The monoisotopic (exact) mass is 488 g/mol. The lowest BCUT2D eigenvalue weighted by Gasteiger charge is -2.24. The van der Waals surface area contributed by atoms with Crippen LogP contribution in [-0.4, -0.2) is 46.1 Å². The van der Waals surface area contributed by atoms with Gasteiger partial charge in [0.1, 0.15) is 23.3 Å². The maximum Gasteiger partial charge on any atom is 0.255 e. The Bertz CT molecular complexity index is 1380. The van der Waals surface area contributed by atoms with E-state index >= 15 is 0 Å². The van der Waals surface area contributed by atoms with Crippen molar-refractivity contribution in [2.24, 2.45) is 0 Å². The normalized spacial score (nSPS) is 18.4. The van der Waals surface area contributed by atoms with Crippen LogP contribution in [0.3, 0.4) is 0 Å². The van der Waals surface area contributed by atoms with Gasteiger partial charge < -0.3 is 14.5 Å².